The normalized spacial score (nSPS) is 10.2. The lowest BCUT2D eigenvalue weighted by molar-refractivity contribution is 0.702. The third-order valence-corrected chi connectivity index (χ3v) is 3.63. The van der Waals surface area contributed by atoms with Crippen LogP contribution in [0.15, 0.2) is 48.4 Å². The van der Waals surface area contributed by atoms with Crippen LogP contribution in [-0.4, -0.2) is 6.26 Å². The van der Waals surface area contributed by atoms with Crippen LogP contribution >= 0.6 is 11.8 Å². The summed E-state index contributed by atoms with van der Waals surface area (Å²) in [5, 5.41) is 0. The van der Waals surface area contributed by atoms with E-state index in [-0.39, 0.29) is 0 Å². The largest absolute Gasteiger partial charge is 0.130 e. The maximum atomic E-state index is 4.17. The number of unbranched alkanes of at least 4 members (excludes halogenated alkanes) is 3. The standard InChI is InChI=1S/C16H22S/c1-4-5-6-7-8-9-14(2)15-10-12-16(17-3)13-11-15/h4,10-13H,1-2,5-9H2,3H3. The molecule has 0 atom stereocenters. The molecule has 17 heavy (non-hydrogen) atoms. The predicted octanol–water partition coefficient (Wildman–Crippen LogP) is 5.56. The van der Waals surface area contributed by atoms with E-state index in [0.29, 0.717) is 0 Å². The Morgan fingerprint density at radius 1 is 1.18 bits per heavy atom. The van der Waals surface area contributed by atoms with E-state index in [1.54, 1.807) is 11.8 Å². The second-order valence-electron chi connectivity index (χ2n) is 4.22. The van der Waals surface area contributed by atoms with Crippen molar-refractivity contribution in [2.75, 3.05) is 6.26 Å². The van der Waals surface area contributed by atoms with Gasteiger partial charge >= 0.3 is 0 Å². The van der Waals surface area contributed by atoms with Crippen molar-refractivity contribution in [3.63, 3.8) is 0 Å². The zero-order valence-electron chi connectivity index (χ0n) is 10.7. The summed E-state index contributed by atoms with van der Waals surface area (Å²) >= 11 is 1.78. The molecule has 0 unspecified atom stereocenters. The molecule has 1 aromatic carbocycles. The molecule has 0 spiro atoms. The summed E-state index contributed by atoms with van der Waals surface area (Å²) in [7, 11) is 0. The Kier molecular flexibility index (Phi) is 6.80. The summed E-state index contributed by atoms with van der Waals surface area (Å²) in [4.78, 5) is 1.31. The van der Waals surface area contributed by atoms with Gasteiger partial charge < -0.3 is 0 Å². The minimum absolute atomic E-state index is 1.11. The fraction of sp³-hybridized carbons (Fsp3) is 0.375. The van der Waals surface area contributed by atoms with Crippen molar-refractivity contribution in [2.24, 2.45) is 0 Å². The highest BCUT2D eigenvalue weighted by atomic mass is 32.2. The van der Waals surface area contributed by atoms with E-state index < -0.39 is 0 Å². The third kappa shape index (κ3) is 5.27. The average Bonchev–Trinajstić information content (AvgIpc) is 2.38. The molecule has 0 N–H and O–H groups in total. The van der Waals surface area contributed by atoms with Gasteiger partial charge in [0.2, 0.25) is 0 Å². The van der Waals surface area contributed by atoms with E-state index in [1.807, 2.05) is 6.08 Å². The summed E-state index contributed by atoms with van der Waals surface area (Å²) in [6.07, 6.45) is 10.1. The molecule has 92 valence electrons. The Morgan fingerprint density at radius 2 is 1.88 bits per heavy atom. The summed E-state index contributed by atoms with van der Waals surface area (Å²) in [6, 6.07) is 8.70. The van der Waals surface area contributed by atoms with Crippen molar-refractivity contribution in [3.8, 4) is 0 Å². The first-order chi connectivity index (χ1) is 8.27. The number of benzene rings is 1. The SMILES string of the molecule is C=CCCCCCC(=C)c1ccc(SC)cc1. The fourth-order valence-electron chi connectivity index (χ4n) is 1.77. The minimum atomic E-state index is 1.11. The maximum absolute atomic E-state index is 4.17. The number of allylic oxidation sites excluding steroid dienone is 2. The van der Waals surface area contributed by atoms with Gasteiger partial charge in [-0.25, -0.2) is 0 Å². The number of hydrogen-bond acceptors (Lipinski definition) is 1. The molecule has 0 bridgehead atoms. The van der Waals surface area contributed by atoms with Crippen LogP contribution in [-0.2, 0) is 0 Å². The van der Waals surface area contributed by atoms with Crippen molar-refractivity contribution in [1.29, 1.82) is 0 Å². The van der Waals surface area contributed by atoms with Crippen LogP contribution in [0.4, 0.5) is 0 Å². The van der Waals surface area contributed by atoms with Crippen molar-refractivity contribution in [3.05, 3.63) is 49.1 Å². The topological polar surface area (TPSA) is 0 Å². The van der Waals surface area contributed by atoms with Crippen molar-refractivity contribution in [1.82, 2.24) is 0 Å². The van der Waals surface area contributed by atoms with Crippen molar-refractivity contribution >= 4 is 17.3 Å². The molecular formula is C16H22S. The molecule has 0 saturated carbocycles. The van der Waals surface area contributed by atoms with Gasteiger partial charge in [-0.3, -0.25) is 0 Å². The van der Waals surface area contributed by atoms with Crippen LogP contribution in [0.1, 0.15) is 37.7 Å². The fourth-order valence-corrected chi connectivity index (χ4v) is 2.18. The van der Waals surface area contributed by atoms with Gasteiger partial charge in [0.15, 0.2) is 0 Å². The summed E-state index contributed by atoms with van der Waals surface area (Å²) < 4.78 is 0. The summed E-state index contributed by atoms with van der Waals surface area (Å²) in [5.74, 6) is 0. The molecule has 0 aliphatic rings. The third-order valence-electron chi connectivity index (χ3n) is 2.89. The smallest absolute Gasteiger partial charge is 0.00695 e. The second-order valence-corrected chi connectivity index (χ2v) is 5.10. The Hall–Kier alpha value is -0.950. The van der Waals surface area contributed by atoms with Gasteiger partial charge in [-0.2, -0.15) is 0 Å². The van der Waals surface area contributed by atoms with Crippen LogP contribution in [0.5, 0.6) is 0 Å². The lowest BCUT2D eigenvalue weighted by atomic mass is 10.0. The highest BCUT2D eigenvalue weighted by molar-refractivity contribution is 7.98. The van der Waals surface area contributed by atoms with E-state index in [0.717, 1.165) is 12.8 Å². The van der Waals surface area contributed by atoms with Crippen molar-refractivity contribution in [2.45, 2.75) is 37.0 Å². The highest BCUT2D eigenvalue weighted by Crippen LogP contribution is 2.22. The lowest BCUT2D eigenvalue weighted by Gasteiger charge is -2.06. The monoisotopic (exact) mass is 246 g/mol. The van der Waals surface area contributed by atoms with E-state index in [1.165, 1.54) is 35.3 Å². The van der Waals surface area contributed by atoms with Gasteiger partial charge in [0.05, 0.1) is 0 Å². The molecule has 0 radical (unpaired) electrons. The van der Waals surface area contributed by atoms with Gasteiger partial charge in [-0.1, -0.05) is 31.2 Å². The molecule has 1 aromatic rings. The Morgan fingerprint density at radius 3 is 2.47 bits per heavy atom. The number of thioether (sulfide) groups is 1. The predicted molar refractivity (Wildman–Crippen MR) is 80.5 cm³/mol. The Balaban J connectivity index is 2.33. The summed E-state index contributed by atoms with van der Waals surface area (Å²) in [6.45, 7) is 7.91. The van der Waals surface area contributed by atoms with Gasteiger partial charge in [0.1, 0.15) is 0 Å². The van der Waals surface area contributed by atoms with Gasteiger partial charge in [0.25, 0.3) is 0 Å². The van der Waals surface area contributed by atoms with Crippen LogP contribution in [0.3, 0.4) is 0 Å². The van der Waals surface area contributed by atoms with E-state index in [2.05, 4.69) is 43.7 Å². The average molecular weight is 246 g/mol. The number of rotatable bonds is 8. The first-order valence-corrected chi connectivity index (χ1v) is 7.43. The zero-order valence-corrected chi connectivity index (χ0v) is 11.6. The second kappa shape index (κ2) is 8.19. The quantitative estimate of drug-likeness (QED) is 0.329. The molecule has 0 heterocycles. The van der Waals surface area contributed by atoms with Crippen molar-refractivity contribution < 1.29 is 0 Å². The van der Waals surface area contributed by atoms with E-state index >= 15 is 0 Å². The minimum Gasteiger partial charge on any atom is -0.130 e. The first-order valence-electron chi connectivity index (χ1n) is 6.21. The molecule has 0 aliphatic carbocycles. The lowest BCUT2D eigenvalue weighted by Crippen LogP contribution is -1.84. The molecule has 0 fully saturated rings. The van der Waals surface area contributed by atoms with Gasteiger partial charge in [0, 0.05) is 4.90 Å². The first kappa shape index (κ1) is 14.1. The van der Waals surface area contributed by atoms with E-state index in [9.17, 15) is 0 Å². The molecule has 0 aromatic heterocycles. The van der Waals surface area contributed by atoms with Crippen LogP contribution < -0.4 is 0 Å². The molecule has 0 aliphatic heterocycles. The molecule has 0 saturated heterocycles. The summed E-state index contributed by atoms with van der Waals surface area (Å²) in [5.41, 5.74) is 2.54. The highest BCUT2D eigenvalue weighted by Gasteiger charge is 1.99. The molecule has 1 rings (SSSR count). The molecule has 0 nitrogen and oxygen atoms in total. The van der Waals surface area contributed by atoms with Crippen LogP contribution in [0, 0.1) is 0 Å². The Bertz CT molecular complexity index is 348. The van der Waals surface area contributed by atoms with Gasteiger partial charge in [-0.05, 0) is 55.2 Å². The van der Waals surface area contributed by atoms with E-state index in [4.69, 9.17) is 0 Å². The zero-order chi connectivity index (χ0) is 12.5. The Labute approximate surface area is 110 Å². The van der Waals surface area contributed by atoms with Crippen LogP contribution in [0.25, 0.3) is 5.57 Å². The molecule has 0 amide bonds. The maximum Gasteiger partial charge on any atom is 0.00695 e. The molecular weight excluding hydrogens is 224 g/mol. The molecule has 1 heteroatoms. The van der Waals surface area contributed by atoms with Gasteiger partial charge in [-0.15, -0.1) is 18.3 Å². The van der Waals surface area contributed by atoms with Crippen LogP contribution in [0.2, 0.25) is 0 Å². The number of hydrogen-bond donors (Lipinski definition) is 0.